The van der Waals surface area contributed by atoms with Crippen LogP contribution < -0.4 is 5.32 Å². The van der Waals surface area contributed by atoms with Crippen LogP contribution in [0, 0.1) is 0 Å². The molecule has 0 aromatic heterocycles. The van der Waals surface area contributed by atoms with Crippen LogP contribution in [0.5, 0.6) is 5.75 Å². The quantitative estimate of drug-likeness (QED) is 0.690. The Hall–Kier alpha value is -1.28. The van der Waals surface area contributed by atoms with E-state index < -0.39 is 0 Å². The number of rotatable bonds is 4. The van der Waals surface area contributed by atoms with E-state index in [1.807, 2.05) is 31.2 Å². The molecule has 0 amide bonds. The van der Waals surface area contributed by atoms with E-state index in [-0.39, 0.29) is 6.04 Å². The second-order valence-electron chi connectivity index (χ2n) is 3.03. The van der Waals surface area contributed by atoms with Gasteiger partial charge in [-0.3, -0.25) is 0 Å². The average molecular weight is 177 g/mol. The zero-order valence-electron chi connectivity index (χ0n) is 7.83. The Balaban J connectivity index is 2.54. The highest BCUT2D eigenvalue weighted by molar-refractivity contribution is 5.31. The lowest BCUT2D eigenvalue weighted by Gasteiger charge is -2.09. The van der Waals surface area contributed by atoms with E-state index in [2.05, 4.69) is 11.9 Å². The van der Waals surface area contributed by atoms with Crippen LogP contribution in [0.4, 0.5) is 0 Å². The minimum Gasteiger partial charge on any atom is -0.508 e. The van der Waals surface area contributed by atoms with Gasteiger partial charge in [0, 0.05) is 18.2 Å². The van der Waals surface area contributed by atoms with Crippen molar-refractivity contribution < 1.29 is 5.11 Å². The zero-order valence-corrected chi connectivity index (χ0v) is 7.83. The molecule has 0 radical (unpaired) electrons. The first-order valence-corrected chi connectivity index (χ1v) is 4.37. The zero-order chi connectivity index (χ0) is 9.68. The predicted octanol–water partition coefficient (Wildman–Crippen LogP) is 2.06. The fourth-order valence-electron chi connectivity index (χ4n) is 1.01. The molecule has 1 aromatic rings. The van der Waals surface area contributed by atoms with Crippen LogP contribution in [0.1, 0.15) is 12.5 Å². The standard InChI is InChI=1S/C11H15NO/c1-3-9(2)12-8-10-6-4-5-7-11(10)13/h3-7,9,12-13H,1,8H2,2H3. The topological polar surface area (TPSA) is 32.3 Å². The molecule has 0 bridgehead atoms. The summed E-state index contributed by atoms with van der Waals surface area (Å²) in [5.74, 6) is 0.339. The van der Waals surface area contributed by atoms with Gasteiger partial charge in [-0.1, -0.05) is 24.3 Å². The summed E-state index contributed by atoms with van der Waals surface area (Å²) in [7, 11) is 0. The summed E-state index contributed by atoms with van der Waals surface area (Å²) < 4.78 is 0. The summed E-state index contributed by atoms with van der Waals surface area (Å²) in [5.41, 5.74) is 0.913. The lowest BCUT2D eigenvalue weighted by Crippen LogP contribution is -2.22. The number of nitrogens with one attached hydrogen (secondary N) is 1. The van der Waals surface area contributed by atoms with Crippen molar-refractivity contribution in [1.29, 1.82) is 0 Å². The van der Waals surface area contributed by atoms with Crippen molar-refractivity contribution in [2.45, 2.75) is 19.5 Å². The van der Waals surface area contributed by atoms with Crippen molar-refractivity contribution >= 4 is 0 Å². The summed E-state index contributed by atoms with van der Waals surface area (Å²) in [5, 5.41) is 12.6. The lowest BCUT2D eigenvalue weighted by molar-refractivity contribution is 0.463. The van der Waals surface area contributed by atoms with Crippen LogP contribution >= 0.6 is 0 Å². The molecule has 2 nitrogen and oxygen atoms in total. The second kappa shape index (κ2) is 4.67. The van der Waals surface area contributed by atoms with E-state index in [9.17, 15) is 5.11 Å². The second-order valence-corrected chi connectivity index (χ2v) is 3.03. The molecule has 13 heavy (non-hydrogen) atoms. The monoisotopic (exact) mass is 177 g/mol. The van der Waals surface area contributed by atoms with Crippen molar-refractivity contribution in [2.75, 3.05) is 0 Å². The van der Waals surface area contributed by atoms with E-state index in [0.29, 0.717) is 12.3 Å². The van der Waals surface area contributed by atoms with Gasteiger partial charge in [0.2, 0.25) is 0 Å². The van der Waals surface area contributed by atoms with Gasteiger partial charge in [-0.05, 0) is 13.0 Å². The Morgan fingerprint density at radius 1 is 1.54 bits per heavy atom. The highest BCUT2D eigenvalue weighted by Gasteiger charge is 2.00. The molecule has 1 unspecified atom stereocenters. The van der Waals surface area contributed by atoms with Crippen molar-refractivity contribution in [3.05, 3.63) is 42.5 Å². The first-order chi connectivity index (χ1) is 6.24. The Morgan fingerprint density at radius 2 is 2.23 bits per heavy atom. The first kappa shape index (κ1) is 9.81. The van der Waals surface area contributed by atoms with Crippen LogP contribution in [-0.4, -0.2) is 11.1 Å². The molecule has 0 heterocycles. The number of para-hydroxylation sites is 1. The van der Waals surface area contributed by atoms with Crippen LogP contribution in [0.3, 0.4) is 0 Å². The molecular weight excluding hydrogens is 162 g/mol. The average Bonchev–Trinajstić information content (AvgIpc) is 2.16. The molecule has 70 valence electrons. The fourth-order valence-corrected chi connectivity index (χ4v) is 1.01. The third kappa shape index (κ3) is 2.92. The summed E-state index contributed by atoms with van der Waals surface area (Å²) in [6.45, 7) is 6.36. The smallest absolute Gasteiger partial charge is 0.120 e. The number of phenols is 1. The maximum absolute atomic E-state index is 9.43. The summed E-state index contributed by atoms with van der Waals surface area (Å²) in [4.78, 5) is 0. The minimum absolute atomic E-state index is 0.264. The van der Waals surface area contributed by atoms with Gasteiger partial charge in [0.1, 0.15) is 5.75 Å². The molecule has 0 saturated heterocycles. The van der Waals surface area contributed by atoms with Gasteiger partial charge in [0.25, 0.3) is 0 Å². The van der Waals surface area contributed by atoms with Crippen LogP contribution in [0.2, 0.25) is 0 Å². The summed E-state index contributed by atoms with van der Waals surface area (Å²) >= 11 is 0. The largest absolute Gasteiger partial charge is 0.508 e. The maximum atomic E-state index is 9.43. The van der Waals surface area contributed by atoms with Crippen LogP contribution in [-0.2, 0) is 6.54 Å². The van der Waals surface area contributed by atoms with E-state index in [0.717, 1.165) is 5.56 Å². The molecule has 2 N–H and O–H groups in total. The Kier molecular flexibility index (Phi) is 3.53. The van der Waals surface area contributed by atoms with Gasteiger partial charge >= 0.3 is 0 Å². The highest BCUT2D eigenvalue weighted by Crippen LogP contribution is 2.14. The Bertz CT molecular complexity index is 283. The van der Waals surface area contributed by atoms with Gasteiger partial charge in [-0.15, -0.1) is 6.58 Å². The van der Waals surface area contributed by atoms with Gasteiger partial charge in [-0.2, -0.15) is 0 Å². The number of phenolic OH excluding ortho intramolecular Hbond substituents is 1. The van der Waals surface area contributed by atoms with Crippen molar-refractivity contribution in [2.24, 2.45) is 0 Å². The van der Waals surface area contributed by atoms with Crippen molar-refractivity contribution in [1.82, 2.24) is 5.32 Å². The molecule has 0 aliphatic rings. The number of aromatic hydroxyl groups is 1. The molecule has 0 aliphatic heterocycles. The predicted molar refractivity (Wildman–Crippen MR) is 54.6 cm³/mol. The van der Waals surface area contributed by atoms with Gasteiger partial charge < -0.3 is 10.4 Å². The maximum Gasteiger partial charge on any atom is 0.120 e. The number of hydrogen-bond acceptors (Lipinski definition) is 2. The van der Waals surface area contributed by atoms with Gasteiger partial charge in [0.15, 0.2) is 0 Å². The summed E-state index contributed by atoms with van der Waals surface area (Å²) in [6.07, 6.45) is 1.83. The van der Waals surface area contributed by atoms with E-state index >= 15 is 0 Å². The third-order valence-electron chi connectivity index (χ3n) is 1.96. The number of hydrogen-bond donors (Lipinski definition) is 2. The highest BCUT2D eigenvalue weighted by atomic mass is 16.3. The van der Waals surface area contributed by atoms with Crippen molar-refractivity contribution in [3.8, 4) is 5.75 Å². The SMILES string of the molecule is C=CC(C)NCc1ccccc1O. The van der Waals surface area contributed by atoms with E-state index in [4.69, 9.17) is 0 Å². The molecule has 1 aromatic carbocycles. The molecule has 0 aliphatic carbocycles. The lowest BCUT2D eigenvalue weighted by atomic mass is 10.2. The molecule has 1 atom stereocenters. The molecule has 0 saturated carbocycles. The minimum atomic E-state index is 0.264. The summed E-state index contributed by atoms with van der Waals surface area (Å²) in [6, 6.07) is 7.58. The molecule has 0 spiro atoms. The third-order valence-corrected chi connectivity index (χ3v) is 1.96. The van der Waals surface area contributed by atoms with Crippen molar-refractivity contribution in [3.63, 3.8) is 0 Å². The Labute approximate surface area is 78.9 Å². The Morgan fingerprint density at radius 3 is 2.85 bits per heavy atom. The normalized spacial score (nSPS) is 12.4. The molecule has 2 heteroatoms. The van der Waals surface area contributed by atoms with Gasteiger partial charge in [0.05, 0.1) is 0 Å². The number of benzene rings is 1. The first-order valence-electron chi connectivity index (χ1n) is 4.37. The molecule has 0 fully saturated rings. The van der Waals surface area contributed by atoms with Crippen LogP contribution in [0.15, 0.2) is 36.9 Å². The van der Waals surface area contributed by atoms with E-state index in [1.165, 1.54) is 0 Å². The van der Waals surface area contributed by atoms with E-state index in [1.54, 1.807) is 6.07 Å². The van der Waals surface area contributed by atoms with Crippen LogP contribution in [0.25, 0.3) is 0 Å². The fraction of sp³-hybridized carbons (Fsp3) is 0.273. The molecular formula is C11H15NO. The van der Waals surface area contributed by atoms with Gasteiger partial charge in [-0.25, -0.2) is 0 Å². The molecule has 1 rings (SSSR count).